The zero-order chi connectivity index (χ0) is 26.6. The van der Waals surface area contributed by atoms with Crippen molar-refractivity contribution in [2.75, 3.05) is 28.6 Å². The predicted molar refractivity (Wildman–Crippen MR) is 146 cm³/mol. The van der Waals surface area contributed by atoms with E-state index in [1.165, 1.54) is 37.6 Å². The number of anilines is 4. The van der Waals surface area contributed by atoms with Gasteiger partial charge in [0.1, 0.15) is 5.82 Å². The van der Waals surface area contributed by atoms with Crippen molar-refractivity contribution >= 4 is 39.4 Å². The van der Waals surface area contributed by atoms with E-state index in [-0.39, 0.29) is 0 Å². The summed E-state index contributed by atoms with van der Waals surface area (Å²) in [6, 6.07) is 20.3. The molecule has 1 saturated heterocycles. The summed E-state index contributed by atoms with van der Waals surface area (Å²) >= 11 is 0. The number of benzene rings is 2. The van der Waals surface area contributed by atoms with Crippen molar-refractivity contribution in [3.8, 4) is 0 Å². The maximum absolute atomic E-state index is 11.9. The zero-order valence-corrected chi connectivity index (χ0v) is 21.7. The first-order chi connectivity index (χ1) is 17.9. The van der Waals surface area contributed by atoms with Gasteiger partial charge in [-0.1, -0.05) is 50.1 Å². The summed E-state index contributed by atoms with van der Waals surface area (Å²) in [5.41, 5.74) is 9.92. The van der Waals surface area contributed by atoms with Crippen LogP contribution < -0.4 is 21.3 Å². The van der Waals surface area contributed by atoms with Crippen LogP contribution in [-0.2, 0) is 17.2 Å². The highest BCUT2D eigenvalue weighted by Crippen LogP contribution is 2.28. The predicted octanol–water partition coefficient (Wildman–Crippen LogP) is 4.55. The van der Waals surface area contributed by atoms with Crippen LogP contribution in [-0.4, -0.2) is 36.6 Å². The second-order valence-corrected chi connectivity index (χ2v) is 9.32. The third kappa shape index (κ3) is 8.91. The number of carbonyl (C=O) groups is 1. The molecule has 4 N–H and O–H groups in total. The van der Waals surface area contributed by atoms with Crippen LogP contribution in [0.25, 0.3) is 0 Å². The Balaban J connectivity index is 0.000000886. The van der Waals surface area contributed by atoms with Gasteiger partial charge in [-0.15, -0.1) is 12.6 Å². The van der Waals surface area contributed by atoms with E-state index in [1.807, 2.05) is 36.4 Å². The Morgan fingerprint density at radius 3 is 2.30 bits per heavy atom. The van der Waals surface area contributed by atoms with E-state index in [9.17, 15) is 4.79 Å². The Kier molecular flexibility index (Phi) is 10.5. The first kappa shape index (κ1) is 27.7. The van der Waals surface area contributed by atoms with Crippen LogP contribution in [0.4, 0.5) is 22.9 Å². The van der Waals surface area contributed by atoms with E-state index in [1.54, 1.807) is 0 Å². The van der Waals surface area contributed by atoms with Gasteiger partial charge in [0.25, 0.3) is 5.91 Å². The quantitative estimate of drug-likeness (QED) is 0.372. The number of aromatic nitrogens is 1. The zero-order valence-electron chi connectivity index (χ0n) is 20.9. The molecule has 37 heavy (non-hydrogen) atoms. The molecule has 1 aliphatic heterocycles. The molecule has 9 nitrogen and oxygen atoms in total. The van der Waals surface area contributed by atoms with Crippen molar-refractivity contribution in [2.24, 2.45) is 11.7 Å². The largest absolute Gasteiger partial charge is 0.425 e. The summed E-state index contributed by atoms with van der Waals surface area (Å²) in [5, 5.41) is 6.65. The molecule has 2 heterocycles. The van der Waals surface area contributed by atoms with E-state index in [0.717, 1.165) is 30.3 Å². The summed E-state index contributed by atoms with van der Waals surface area (Å²) in [5.74, 6) is 1.03. The molecule has 0 bridgehead atoms. The molecule has 4 rings (SSSR count). The number of amides is 1. The number of piperidine rings is 1. The summed E-state index contributed by atoms with van der Waals surface area (Å²) in [7, 11) is -3.11. The monoisotopic (exact) mass is 523 g/mol. The van der Waals surface area contributed by atoms with Gasteiger partial charge in [0.05, 0.1) is 11.3 Å². The molecule has 2 aromatic carbocycles. The molecule has 1 fully saturated rings. The standard InChI is InChI=1S/C27H33N5O.O3S/c1-2-6-20-13-15-32(16-14-20)23-11-9-22(10-12-23)31-26-17-25(24(19-30-26)27(28)33)29-18-21-7-4-3-5-8-21;1-4(2)3/h3-5,7-12,17,19-20H,2,6,13-16,18H2,1H3,(H2,28,33)(H2,29,30,31);. The minimum absolute atomic E-state index is 0.373. The van der Waals surface area contributed by atoms with Gasteiger partial charge in [-0.25, -0.2) is 4.98 Å². The molecule has 0 spiro atoms. The summed E-state index contributed by atoms with van der Waals surface area (Å²) in [4.78, 5) is 18.7. The lowest BCUT2D eigenvalue weighted by Gasteiger charge is -2.33. The van der Waals surface area contributed by atoms with Crippen LogP contribution in [0.2, 0.25) is 0 Å². The fraction of sp³-hybridized carbons (Fsp3) is 0.333. The average Bonchev–Trinajstić information content (AvgIpc) is 2.89. The van der Waals surface area contributed by atoms with Crippen molar-refractivity contribution in [3.63, 3.8) is 0 Å². The number of nitrogens with zero attached hydrogens (tertiary/aromatic N) is 2. The lowest BCUT2D eigenvalue weighted by Crippen LogP contribution is -2.33. The molecule has 1 aromatic heterocycles. The molecule has 0 radical (unpaired) electrons. The fourth-order valence-electron chi connectivity index (χ4n) is 4.45. The van der Waals surface area contributed by atoms with Crippen molar-refractivity contribution in [2.45, 2.75) is 39.2 Å². The van der Waals surface area contributed by atoms with Gasteiger partial charge in [0, 0.05) is 43.3 Å². The summed E-state index contributed by atoms with van der Waals surface area (Å²) in [6.45, 7) is 5.12. The number of hydrogen-bond donors (Lipinski definition) is 3. The maximum atomic E-state index is 11.9. The Hall–Kier alpha value is -3.92. The van der Waals surface area contributed by atoms with Gasteiger partial charge >= 0.3 is 10.6 Å². The molecule has 3 aromatic rings. The van der Waals surface area contributed by atoms with Gasteiger partial charge in [-0.2, -0.15) is 0 Å². The van der Waals surface area contributed by atoms with Crippen molar-refractivity contribution < 1.29 is 17.4 Å². The molecule has 0 unspecified atom stereocenters. The lowest BCUT2D eigenvalue weighted by atomic mass is 9.92. The molecular formula is C27H33N5O4S. The lowest BCUT2D eigenvalue weighted by molar-refractivity contribution is 0.100. The molecule has 1 amide bonds. The second-order valence-electron chi connectivity index (χ2n) is 8.91. The third-order valence-electron chi connectivity index (χ3n) is 6.31. The molecule has 0 saturated carbocycles. The Labute approximate surface area is 219 Å². The summed E-state index contributed by atoms with van der Waals surface area (Å²) < 4.78 is 25.3. The molecule has 10 heteroatoms. The molecule has 0 aliphatic carbocycles. The first-order valence-corrected chi connectivity index (χ1v) is 13.3. The van der Waals surface area contributed by atoms with Crippen LogP contribution in [0.15, 0.2) is 66.9 Å². The number of nitrogens with one attached hydrogen (secondary N) is 2. The molecule has 0 atom stereocenters. The second kappa shape index (κ2) is 14.0. The average molecular weight is 524 g/mol. The van der Waals surface area contributed by atoms with E-state index in [2.05, 4.69) is 51.7 Å². The van der Waals surface area contributed by atoms with Crippen LogP contribution in [0.3, 0.4) is 0 Å². The van der Waals surface area contributed by atoms with Gasteiger partial charge in [-0.3, -0.25) is 4.79 Å². The van der Waals surface area contributed by atoms with Crippen molar-refractivity contribution in [3.05, 3.63) is 78.0 Å². The number of rotatable bonds is 9. The number of carbonyl (C=O) groups excluding carboxylic acids is 1. The topological polar surface area (TPSA) is 134 Å². The van der Waals surface area contributed by atoms with Gasteiger partial charge in [-0.05, 0) is 48.6 Å². The highest BCUT2D eigenvalue weighted by Gasteiger charge is 2.18. The van der Waals surface area contributed by atoms with Crippen LogP contribution in [0, 0.1) is 5.92 Å². The highest BCUT2D eigenvalue weighted by molar-refractivity contribution is 7.59. The van der Waals surface area contributed by atoms with Gasteiger partial charge in [0.2, 0.25) is 0 Å². The third-order valence-corrected chi connectivity index (χ3v) is 6.31. The van der Waals surface area contributed by atoms with E-state index in [0.29, 0.717) is 23.6 Å². The number of hydrogen-bond acceptors (Lipinski definition) is 8. The molecule has 196 valence electrons. The van der Waals surface area contributed by atoms with Gasteiger partial charge < -0.3 is 21.3 Å². The first-order valence-electron chi connectivity index (χ1n) is 12.3. The van der Waals surface area contributed by atoms with Crippen LogP contribution in [0.5, 0.6) is 0 Å². The van der Waals surface area contributed by atoms with Gasteiger partial charge in [0.15, 0.2) is 0 Å². The van der Waals surface area contributed by atoms with E-state index < -0.39 is 16.5 Å². The maximum Gasteiger partial charge on any atom is 0.425 e. The number of pyridine rings is 1. The number of nitrogens with two attached hydrogens (primary N) is 1. The molecular weight excluding hydrogens is 490 g/mol. The smallest absolute Gasteiger partial charge is 0.380 e. The Bertz CT molecular complexity index is 1250. The minimum atomic E-state index is -3.11. The fourth-order valence-corrected chi connectivity index (χ4v) is 4.45. The van der Waals surface area contributed by atoms with Crippen molar-refractivity contribution in [1.29, 1.82) is 0 Å². The van der Waals surface area contributed by atoms with Crippen LogP contribution in [0.1, 0.15) is 48.5 Å². The minimum Gasteiger partial charge on any atom is -0.380 e. The molecule has 1 aliphatic rings. The van der Waals surface area contributed by atoms with Crippen LogP contribution >= 0.6 is 0 Å². The normalized spacial score (nSPS) is 13.3. The SMILES string of the molecule is CCCC1CCN(c2ccc(Nc3cc(NCc4ccccc4)c(C(N)=O)cn3)cc2)CC1.O=S(=O)=O. The summed E-state index contributed by atoms with van der Waals surface area (Å²) in [6.07, 6.45) is 6.71. The van der Waals surface area contributed by atoms with E-state index >= 15 is 0 Å². The Morgan fingerprint density at radius 2 is 1.70 bits per heavy atom. The van der Waals surface area contributed by atoms with Crippen molar-refractivity contribution in [1.82, 2.24) is 4.98 Å². The van der Waals surface area contributed by atoms with E-state index in [4.69, 9.17) is 18.4 Å². The Morgan fingerprint density at radius 1 is 1.05 bits per heavy atom. The number of primary amides is 1. The highest BCUT2D eigenvalue weighted by atomic mass is 32.2.